The van der Waals surface area contributed by atoms with E-state index in [1.807, 2.05) is 31.3 Å². The fraction of sp³-hybridized carbons (Fsp3) is 0.500. The van der Waals surface area contributed by atoms with Crippen LogP contribution in [0.1, 0.15) is 32.1 Å². The second kappa shape index (κ2) is 6.02. The summed E-state index contributed by atoms with van der Waals surface area (Å²) in [5.41, 5.74) is 0.924. The van der Waals surface area contributed by atoms with E-state index >= 15 is 0 Å². The van der Waals surface area contributed by atoms with Crippen molar-refractivity contribution < 1.29 is 9.59 Å². The predicted molar refractivity (Wildman–Crippen MR) is 91.7 cm³/mol. The van der Waals surface area contributed by atoms with Gasteiger partial charge < -0.3 is 0 Å². The van der Waals surface area contributed by atoms with Crippen LogP contribution in [0.4, 0.5) is 5.82 Å². The molecule has 2 saturated heterocycles. The highest BCUT2D eigenvalue weighted by Crippen LogP contribution is 2.31. The molecule has 2 aliphatic rings. The minimum absolute atomic E-state index is 0.114. The monoisotopic (exact) mass is 326 g/mol. The highest BCUT2D eigenvalue weighted by Gasteiger charge is 2.40. The molecule has 0 spiro atoms. The van der Waals surface area contributed by atoms with E-state index < -0.39 is 0 Å². The number of benzene rings is 1. The third-order valence-electron chi connectivity index (χ3n) is 5.17. The van der Waals surface area contributed by atoms with Crippen LogP contribution in [0, 0.1) is 0 Å². The summed E-state index contributed by atoms with van der Waals surface area (Å²) in [4.78, 5) is 29.2. The average molecular weight is 326 g/mol. The van der Waals surface area contributed by atoms with Gasteiger partial charge in [0.05, 0.1) is 11.6 Å². The van der Waals surface area contributed by atoms with Gasteiger partial charge in [0.1, 0.15) is 0 Å². The number of amides is 2. The van der Waals surface area contributed by atoms with E-state index in [9.17, 15) is 9.59 Å². The van der Waals surface area contributed by atoms with Gasteiger partial charge in [-0.2, -0.15) is 5.10 Å². The molecule has 2 aromatic rings. The highest BCUT2D eigenvalue weighted by atomic mass is 16.2. The van der Waals surface area contributed by atoms with Gasteiger partial charge in [0.2, 0.25) is 5.91 Å². The van der Waals surface area contributed by atoms with E-state index in [1.54, 1.807) is 4.68 Å². The summed E-state index contributed by atoms with van der Waals surface area (Å²) >= 11 is 0. The van der Waals surface area contributed by atoms with E-state index in [0.717, 1.165) is 36.8 Å². The van der Waals surface area contributed by atoms with Crippen LogP contribution in [0.15, 0.2) is 24.3 Å². The zero-order chi connectivity index (χ0) is 16.7. The number of imide groups is 1. The maximum Gasteiger partial charge on any atom is 0.252 e. The van der Waals surface area contributed by atoms with Crippen LogP contribution in [0.3, 0.4) is 0 Å². The van der Waals surface area contributed by atoms with Crippen molar-refractivity contribution in [2.75, 3.05) is 18.0 Å². The molecule has 1 atom stereocenters. The first-order valence-corrected chi connectivity index (χ1v) is 8.69. The van der Waals surface area contributed by atoms with Crippen LogP contribution in [-0.4, -0.2) is 45.6 Å². The Labute approximate surface area is 141 Å². The molecule has 1 unspecified atom stereocenters. The third-order valence-corrected chi connectivity index (χ3v) is 5.17. The molecule has 1 aromatic heterocycles. The number of fused-ring (bicyclic) bond motifs is 1. The number of hydrogen-bond acceptors (Lipinski definition) is 4. The Morgan fingerprint density at radius 3 is 2.62 bits per heavy atom. The Bertz CT molecular complexity index is 791. The SMILES string of the molecule is Cn1nc(N2C(=O)CCC(N3CCCCC3)C2=O)c2ccccc21. The molecule has 0 aliphatic carbocycles. The molecule has 6 heteroatoms. The number of piperidine rings is 2. The summed E-state index contributed by atoms with van der Waals surface area (Å²) in [5, 5.41) is 5.32. The first-order valence-electron chi connectivity index (χ1n) is 8.69. The number of nitrogens with zero attached hydrogens (tertiary/aromatic N) is 4. The number of carbonyl (C=O) groups is 2. The number of para-hydroxylation sites is 1. The standard InChI is InChI=1S/C18H22N4O2/c1-20-14-8-4-3-7-13(14)17(19-20)22-16(23)10-9-15(18(22)24)21-11-5-2-6-12-21/h3-4,7-8,15H,2,5-6,9-12H2,1H3. The quantitative estimate of drug-likeness (QED) is 0.793. The summed E-state index contributed by atoms with van der Waals surface area (Å²) < 4.78 is 1.73. The Balaban J connectivity index is 1.72. The predicted octanol–water partition coefficient (Wildman–Crippen LogP) is 2.08. The molecule has 0 saturated carbocycles. The number of anilines is 1. The zero-order valence-electron chi connectivity index (χ0n) is 13.9. The van der Waals surface area contributed by atoms with Crippen molar-refractivity contribution >= 4 is 28.5 Å². The second-order valence-electron chi connectivity index (χ2n) is 6.68. The Morgan fingerprint density at radius 2 is 1.83 bits per heavy atom. The van der Waals surface area contributed by atoms with E-state index in [0.29, 0.717) is 18.7 Å². The molecule has 3 heterocycles. The van der Waals surface area contributed by atoms with Gasteiger partial charge in [0, 0.05) is 18.9 Å². The number of hydrogen-bond donors (Lipinski definition) is 0. The fourth-order valence-corrected chi connectivity index (χ4v) is 3.92. The van der Waals surface area contributed by atoms with Crippen molar-refractivity contribution in [3.05, 3.63) is 24.3 Å². The Morgan fingerprint density at radius 1 is 1.08 bits per heavy atom. The molecule has 2 fully saturated rings. The molecule has 0 bridgehead atoms. The second-order valence-corrected chi connectivity index (χ2v) is 6.68. The van der Waals surface area contributed by atoms with Crippen molar-refractivity contribution in [2.24, 2.45) is 7.05 Å². The van der Waals surface area contributed by atoms with E-state index in [-0.39, 0.29) is 17.9 Å². The normalized spacial score (nSPS) is 23.2. The Hall–Kier alpha value is -2.21. The van der Waals surface area contributed by atoms with Gasteiger partial charge in [-0.3, -0.25) is 19.2 Å². The number of carbonyl (C=O) groups excluding carboxylic acids is 2. The van der Waals surface area contributed by atoms with Crippen LogP contribution >= 0.6 is 0 Å². The molecular weight excluding hydrogens is 304 g/mol. The van der Waals surface area contributed by atoms with Crippen molar-refractivity contribution in [2.45, 2.75) is 38.1 Å². The van der Waals surface area contributed by atoms with Gasteiger partial charge in [-0.05, 0) is 44.5 Å². The first kappa shape index (κ1) is 15.3. The molecular formula is C18H22N4O2. The van der Waals surface area contributed by atoms with Crippen molar-refractivity contribution in [1.82, 2.24) is 14.7 Å². The van der Waals surface area contributed by atoms with Gasteiger partial charge in [0.15, 0.2) is 5.82 Å². The van der Waals surface area contributed by atoms with Crippen LogP contribution in [0.25, 0.3) is 10.9 Å². The number of aromatic nitrogens is 2. The molecule has 0 N–H and O–H groups in total. The van der Waals surface area contributed by atoms with Gasteiger partial charge in [0.25, 0.3) is 5.91 Å². The van der Waals surface area contributed by atoms with Gasteiger partial charge in [-0.15, -0.1) is 0 Å². The summed E-state index contributed by atoms with van der Waals surface area (Å²) in [7, 11) is 1.84. The lowest BCUT2D eigenvalue weighted by Gasteiger charge is -2.38. The van der Waals surface area contributed by atoms with Crippen LogP contribution in [0.5, 0.6) is 0 Å². The van der Waals surface area contributed by atoms with Crippen LogP contribution in [0.2, 0.25) is 0 Å². The number of rotatable bonds is 2. The number of aryl methyl sites for hydroxylation is 1. The maximum atomic E-state index is 13.1. The van der Waals surface area contributed by atoms with E-state index in [4.69, 9.17) is 0 Å². The summed E-state index contributed by atoms with van der Waals surface area (Å²) in [5.74, 6) is 0.221. The minimum atomic E-state index is -0.191. The Kier molecular flexibility index (Phi) is 3.84. The lowest BCUT2D eigenvalue weighted by atomic mass is 9.99. The minimum Gasteiger partial charge on any atom is -0.292 e. The molecule has 2 aliphatic heterocycles. The van der Waals surface area contributed by atoms with Crippen LogP contribution < -0.4 is 4.90 Å². The summed E-state index contributed by atoms with van der Waals surface area (Å²) in [6.45, 7) is 1.89. The third kappa shape index (κ3) is 2.41. The molecule has 2 amide bonds. The van der Waals surface area contributed by atoms with Gasteiger partial charge in [-0.1, -0.05) is 18.6 Å². The van der Waals surface area contributed by atoms with Crippen molar-refractivity contribution in [3.63, 3.8) is 0 Å². The zero-order valence-corrected chi connectivity index (χ0v) is 13.9. The average Bonchev–Trinajstić information content (AvgIpc) is 2.93. The lowest BCUT2D eigenvalue weighted by Crippen LogP contribution is -2.56. The molecule has 6 nitrogen and oxygen atoms in total. The molecule has 1 aromatic carbocycles. The molecule has 24 heavy (non-hydrogen) atoms. The van der Waals surface area contributed by atoms with Gasteiger partial charge in [-0.25, -0.2) is 4.90 Å². The van der Waals surface area contributed by atoms with E-state index in [2.05, 4.69) is 10.00 Å². The number of likely N-dealkylation sites (tertiary alicyclic amines) is 1. The molecule has 126 valence electrons. The van der Waals surface area contributed by atoms with Crippen LogP contribution in [-0.2, 0) is 16.6 Å². The summed E-state index contributed by atoms with van der Waals surface area (Å²) in [6.07, 6.45) is 4.51. The largest absolute Gasteiger partial charge is 0.292 e. The highest BCUT2D eigenvalue weighted by molar-refractivity contribution is 6.20. The van der Waals surface area contributed by atoms with Gasteiger partial charge >= 0.3 is 0 Å². The van der Waals surface area contributed by atoms with E-state index in [1.165, 1.54) is 11.3 Å². The summed E-state index contributed by atoms with van der Waals surface area (Å²) in [6, 6.07) is 7.53. The topological polar surface area (TPSA) is 58.4 Å². The fourth-order valence-electron chi connectivity index (χ4n) is 3.92. The lowest BCUT2D eigenvalue weighted by molar-refractivity contribution is -0.133. The van der Waals surface area contributed by atoms with Crippen molar-refractivity contribution in [3.8, 4) is 0 Å². The first-order chi connectivity index (χ1) is 11.7. The maximum absolute atomic E-state index is 13.1. The smallest absolute Gasteiger partial charge is 0.252 e. The van der Waals surface area contributed by atoms with Crippen molar-refractivity contribution in [1.29, 1.82) is 0 Å². The molecule has 4 rings (SSSR count). The molecule has 0 radical (unpaired) electrons.